The Morgan fingerprint density at radius 2 is 1.35 bits per heavy atom. The van der Waals surface area contributed by atoms with Gasteiger partial charge in [-0.3, -0.25) is 4.79 Å². The molecule has 0 aliphatic heterocycles. The molecule has 0 saturated heterocycles. The van der Waals surface area contributed by atoms with Crippen LogP contribution in [0.3, 0.4) is 0 Å². The van der Waals surface area contributed by atoms with Gasteiger partial charge in [-0.25, -0.2) is 0 Å². The minimum absolute atomic E-state index is 0.335. The highest BCUT2D eigenvalue weighted by Gasteiger charge is 2.41. The highest BCUT2D eigenvalue weighted by atomic mass is 16.3. The molecular formula is C31H26N4O2. The molecule has 4 aromatic carbocycles. The van der Waals surface area contributed by atoms with Crippen molar-refractivity contribution in [3.05, 3.63) is 150 Å². The summed E-state index contributed by atoms with van der Waals surface area (Å²) in [5.74, 6) is 0.449. The first kappa shape index (κ1) is 24.0. The molecule has 1 atom stereocenters. The van der Waals surface area contributed by atoms with Crippen molar-refractivity contribution < 1.29 is 9.90 Å². The number of benzene rings is 4. The Labute approximate surface area is 215 Å². The molecule has 37 heavy (non-hydrogen) atoms. The maximum atomic E-state index is 10.6. The lowest BCUT2D eigenvalue weighted by Gasteiger charge is -2.34. The van der Waals surface area contributed by atoms with Crippen LogP contribution >= 0.6 is 0 Å². The number of hydrogen-bond donors (Lipinski definition) is 1. The molecule has 0 unspecified atom stereocenters. The lowest BCUT2D eigenvalue weighted by molar-refractivity contribution is -0.104. The number of aliphatic hydroxyl groups excluding tert-OH is 1. The van der Waals surface area contributed by atoms with Crippen molar-refractivity contribution in [2.24, 2.45) is 0 Å². The van der Waals surface area contributed by atoms with Crippen molar-refractivity contribution in [2.75, 3.05) is 0 Å². The zero-order chi connectivity index (χ0) is 25.5. The fourth-order valence-electron chi connectivity index (χ4n) is 4.64. The molecular weight excluding hydrogens is 460 g/mol. The summed E-state index contributed by atoms with van der Waals surface area (Å²) in [7, 11) is 0. The van der Waals surface area contributed by atoms with Crippen LogP contribution < -0.4 is 0 Å². The van der Waals surface area contributed by atoms with Crippen LogP contribution in [-0.4, -0.2) is 31.6 Å². The molecule has 1 aromatic heterocycles. The lowest BCUT2D eigenvalue weighted by atomic mass is 9.77. The van der Waals surface area contributed by atoms with Gasteiger partial charge in [-0.05, 0) is 46.0 Å². The first-order chi connectivity index (χ1) is 18.2. The van der Waals surface area contributed by atoms with Crippen LogP contribution in [0.2, 0.25) is 0 Å². The smallest absolute Gasteiger partial charge is 0.204 e. The van der Waals surface area contributed by atoms with E-state index in [0.717, 1.165) is 22.3 Å². The summed E-state index contributed by atoms with van der Waals surface area (Å²) in [6.45, 7) is 0. The number of aliphatic hydroxyl groups is 1. The van der Waals surface area contributed by atoms with E-state index in [4.69, 9.17) is 5.10 Å². The number of carbonyl (C=O) groups excluding carboxylic acids is 1. The van der Waals surface area contributed by atoms with E-state index in [9.17, 15) is 9.90 Å². The van der Waals surface area contributed by atoms with Crippen molar-refractivity contribution >= 4 is 6.29 Å². The van der Waals surface area contributed by atoms with Crippen LogP contribution in [-0.2, 0) is 10.3 Å². The second kappa shape index (κ2) is 10.9. The number of aldehydes is 1. The summed E-state index contributed by atoms with van der Waals surface area (Å²) in [6, 6.07) is 38.0. The second-order valence-electron chi connectivity index (χ2n) is 8.65. The Kier molecular flexibility index (Phi) is 7.10. The maximum Gasteiger partial charge on any atom is 0.204 e. The predicted molar refractivity (Wildman–Crippen MR) is 143 cm³/mol. The normalized spacial score (nSPS) is 12.5. The predicted octanol–water partition coefficient (Wildman–Crippen LogP) is 5.36. The van der Waals surface area contributed by atoms with Gasteiger partial charge >= 0.3 is 0 Å². The molecule has 0 saturated carbocycles. The molecule has 0 aliphatic carbocycles. The molecule has 5 aromatic rings. The van der Waals surface area contributed by atoms with Crippen molar-refractivity contribution in [2.45, 2.75) is 18.1 Å². The fraction of sp³-hybridized carbons (Fsp3) is 0.0968. The van der Waals surface area contributed by atoms with Crippen LogP contribution in [0.5, 0.6) is 0 Å². The third-order valence-electron chi connectivity index (χ3n) is 6.39. The van der Waals surface area contributed by atoms with Crippen LogP contribution in [0.15, 0.2) is 127 Å². The molecule has 1 N–H and O–H groups in total. The van der Waals surface area contributed by atoms with Crippen LogP contribution in [0.1, 0.15) is 34.8 Å². The van der Waals surface area contributed by atoms with E-state index < -0.39 is 11.6 Å². The molecule has 0 spiro atoms. The van der Waals surface area contributed by atoms with E-state index in [0.29, 0.717) is 24.1 Å². The maximum absolute atomic E-state index is 10.6. The largest absolute Gasteiger partial charge is 0.388 e. The molecule has 6 heteroatoms. The average Bonchev–Trinajstić information content (AvgIpc) is 3.46. The Morgan fingerprint density at radius 1 is 0.784 bits per heavy atom. The fourth-order valence-corrected chi connectivity index (χ4v) is 4.64. The van der Waals surface area contributed by atoms with Crippen LogP contribution in [0, 0.1) is 0 Å². The van der Waals surface area contributed by atoms with Gasteiger partial charge in [0.15, 0.2) is 5.54 Å². The van der Waals surface area contributed by atoms with Gasteiger partial charge in [-0.15, -0.1) is 15.0 Å². The first-order valence-corrected chi connectivity index (χ1v) is 12.1. The van der Waals surface area contributed by atoms with E-state index in [1.54, 1.807) is 10.9 Å². The summed E-state index contributed by atoms with van der Waals surface area (Å²) < 4.78 is 0. The molecule has 5 rings (SSSR count). The van der Waals surface area contributed by atoms with Crippen LogP contribution in [0.4, 0.5) is 0 Å². The number of aromatic nitrogens is 4. The van der Waals surface area contributed by atoms with Gasteiger partial charge in [0.25, 0.3) is 0 Å². The van der Waals surface area contributed by atoms with Gasteiger partial charge in [0.05, 0.1) is 6.10 Å². The van der Waals surface area contributed by atoms with E-state index in [1.807, 2.05) is 78.9 Å². The minimum atomic E-state index is -0.855. The SMILES string of the molecule is O=CC=CC[C@H](O)c1cccc(-c2nnn(C(c3ccccc3)(c3ccccc3)c3ccccc3)n2)c1. The van der Waals surface area contributed by atoms with E-state index in [-0.39, 0.29) is 0 Å². The van der Waals surface area contributed by atoms with Gasteiger partial charge in [0, 0.05) is 5.56 Å². The molecule has 6 nitrogen and oxygen atoms in total. The van der Waals surface area contributed by atoms with Gasteiger partial charge in [-0.2, -0.15) is 0 Å². The minimum Gasteiger partial charge on any atom is -0.388 e. The number of nitrogens with zero attached hydrogens (tertiary/aromatic N) is 4. The molecule has 0 amide bonds. The summed E-state index contributed by atoms with van der Waals surface area (Å²) >= 11 is 0. The Morgan fingerprint density at radius 3 is 1.89 bits per heavy atom. The molecule has 0 fully saturated rings. The summed E-state index contributed by atoms with van der Waals surface area (Å²) in [4.78, 5) is 12.2. The van der Waals surface area contributed by atoms with Crippen molar-refractivity contribution in [3.63, 3.8) is 0 Å². The number of allylic oxidation sites excluding steroid dienone is 1. The average molecular weight is 487 g/mol. The Bertz CT molecular complexity index is 1390. The van der Waals surface area contributed by atoms with Gasteiger partial charge < -0.3 is 5.11 Å². The lowest BCUT2D eigenvalue weighted by Crippen LogP contribution is -2.39. The van der Waals surface area contributed by atoms with Gasteiger partial charge in [0.1, 0.15) is 6.29 Å². The number of rotatable bonds is 9. The standard InChI is InChI=1S/C31H26N4O2/c36-22-11-10-21-29(37)24-13-12-14-25(23-24)30-32-34-35(33-30)31(26-15-4-1-5-16-26,27-17-6-2-7-18-27)28-19-8-3-9-20-28/h1-20,22-23,29,37H,21H2/t29-/m0/s1. The Hall–Kier alpha value is -4.68. The summed E-state index contributed by atoms with van der Waals surface area (Å²) in [6.07, 6.45) is 3.32. The van der Waals surface area contributed by atoms with E-state index >= 15 is 0 Å². The molecule has 0 aliphatic rings. The molecule has 0 bridgehead atoms. The first-order valence-electron chi connectivity index (χ1n) is 12.1. The molecule has 0 radical (unpaired) electrons. The van der Waals surface area contributed by atoms with Gasteiger partial charge in [0.2, 0.25) is 5.82 Å². The quantitative estimate of drug-likeness (QED) is 0.172. The third kappa shape index (κ3) is 4.75. The highest BCUT2D eigenvalue weighted by Crippen LogP contribution is 2.39. The van der Waals surface area contributed by atoms with Crippen molar-refractivity contribution in [1.29, 1.82) is 0 Å². The zero-order valence-corrected chi connectivity index (χ0v) is 20.1. The molecule has 182 valence electrons. The Balaban J connectivity index is 1.65. The zero-order valence-electron chi connectivity index (χ0n) is 20.1. The number of hydrogen-bond acceptors (Lipinski definition) is 5. The van der Waals surface area contributed by atoms with Crippen molar-refractivity contribution in [1.82, 2.24) is 20.2 Å². The highest BCUT2D eigenvalue weighted by molar-refractivity contribution is 5.64. The topological polar surface area (TPSA) is 80.9 Å². The number of carbonyl (C=O) groups is 1. The van der Waals surface area contributed by atoms with Gasteiger partial charge in [-0.1, -0.05) is 115 Å². The van der Waals surface area contributed by atoms with E-state index in [1.165, 1.54) is 6.08 Å². The van der Waals surface area contributed by atoms with Crippen molar-refractivity contribution in [3.8, 4) is 11.4 Å². The summed E-state index contributed by atoms with van der Waals surface area (Å²) in [5, 5.41) is 24.5. The third-order valence-corrected chi connectivity index (χ3v) is 6.39. The summed E-state index contributed by atoms with van der Waals surface area (Å²) in [5.41, 5.74) is 3.61. The van der Waals surface area contributed by atoms with E-state index in [2.05, 4.69) is 46.7 Å². The number of tetrazole rings is 1. The monoisotopic (exact) mass is 486 g/mol. The second-order valence-corrected chi connectivity index (χ2v) is 8.65. The molecule has 1 heterocycles. The van der Waals surface area contributed by atoms with Crippen LogP contribution in [0.25, 0.3) is 11.4 Å².